The third-order valence-electron chi connectivity index (χ3n) is 7.24. The average molecular weight is 606 g/mol. The molecule has 0 saturated heterocycles. The lowest BCUT2D eigenvalue weighted by molar-refractivity contribution is 0.425. The highest BCUT2D eigenvalue weighted by Gasteiger charge is 2.17. The van der Waals surface area contributed by atoms with Crippen molar-refractivity contribution in [3.8, 4) is 22.6 Å². The van der Waals surface area contributed by atoms with Crippen molar-refractivity contribution in [2.75, 3.05) is 53.1 Å². The molecule has 0 aliphatic heterocycles. The van der Waals surface area contributed by atoms with E-state index in [2.05, 4.69) is 48.9 Å². The molecular weight excluding hydrogens is 565 g/mol. The fourth-order valence-electron chi connectivity index (χ4n) is 5.16. The van der Waals surface area contributed by atoms with E-state index >= 15 is 0 Å². The highest BCUT2D eigenvalue weighted by molar-refractivity contribution is 5.99. The first-order valence-electron chi connectivity index (χ1n) is 14.8. The van der Waals surface area contributed by atoms with E-state index < -0.39 is 0 Å². The molecule has 0 saturated carbocycles. The molecule has 9 nitrogen and oxygen atoms in total. The molecule has 0 radical (unpaired) electrons. The van der Waals surface area contributed by atoms with Gasteiger partial charge in [-0.2, -0.15) is 5.10 Å². The van der Waals surface area contributed by atoms with Crippen LogP contribution in [0.1, 0.15) is 12.6 Å². The first-order chi connectivity index (χ1) is 21.6. The molecule has 5 aromatic rings. The van der Waals surface area contributed by atoms with Gasteiger partial charge in [-0.15, -0.1) is 0 Å². The highest BCUT2D eigenvalue weighted by atomic mass is 19.1. The molecule has 0 fully saturated rings. The van der Waals surface area contributed by atoms with Gasteiger partial charge < -0.3 is 25.4 Å². The summed E-state index contributed by atoms with van der Waals surface area (Å²) in [5, 5.41) is 15.2. The van der Waals surface area contributed by atoms with Crippen molar-refractivity contribution in [1.82, 2.24) is 40.3 Å². The van der Waals surface area contributed by atoms with Crippen LogP contribution in [0.2, 0.25) is 0 Å². The number of hydrogen-bond acceptors (Lipinski definition) is 7. The average Bonchev–Trinajstić information content (AvgIpc) is 3.62. The molecule has 4 N–H and O–H groups in total. The second-order valence-electron chi connectivity index (χ2n) is 11.4. The Hall–Kier alpha value is -5.06. The fraction of sp³-hybridized carbons (Fsp3) is 0.229. The van der Waals surface area contributed by atoms with Crippen LogP contribution in [0.5, 0.6) is 0 Å². The summed E-state index contributed by atoms with van der Waals surface area (Å²) >= 11 is 0. The number of rotatable bonds is 13. The maximum absolute atomic E-state index is 14.7. The summed E-state index contributed by atoms with van der Waals surface area (Å²) in [4.78, 5) is 17.3. The van der Waals surface area contributed by atoms with Crippen LogP contribution in [-0.4, -0.2) is 82.8 Å². The molecule has 0 aliphatic carbocycles. The van der Waals surface area contributed by atoms with Gasteiger partial charge in [-0.05, 0) is 95.3 Å². The molecule has 0 aliphatic rings. The molecule has 45 heavy (non-hydrogen) atoms. The van der Waals surface area contributed by atoms with Gasteiger partial charge in [0.2, 0.25) is 0 Å². The number of anilines is 1. The van der Waals surface area contributed by atoms with Gasteiger partial charge in [0.15, 0.2) is 0 Å². The Labute approximate surface area is 263 Å². The van der Waals surface area contributed by atoms with Gasteiger partial charge in [-0.3, -0.25) is 10.1 Å². The van der Waals surface area contributed by atoms with E-state index in [1.54, 1.807) is 12.3 Å². The molecule has 1 aromatic carbocycles. The summed E-state index contributed by atoms with van der Waals surface area (Å²) in [6, 6.07) is 12.8. The van der Waals surface area contributed by atoms with Crippen LogP contribution in [0.3, 0.4) is 0 Å². The number of likely N-dealkylation sites (N-methyl/N-ethyl adjacent to an activating group) is 2. The summed E-state index contributed by atoms with van der Waals surface area (Å²) in [6.07, 6.45) is 7.51. The van der Waals surface area contributed by atoms with Crippen LogP contribution in [0, 0.1) is 5.82 Å². The second-order valence-corrected chi connectivity index (χ2v) is 11.4. The summed E-state index contributed by atoms with van der Waals surface area (Å²) in [7, 11) is 8.00. The normalized spacial score (nSPS) is 12.4. The van der Waals surface area contributed by atoms with E-state index in [0.29, 0.717) is 35.7 Å². The lowest BCUT2D eigenvalue weighted by atomic mass is 10.1. The number of aromatic nitrogens is 5. The number of benzene rings is 1. The number of H-pyrrole nitrogens is 2. The van der Waals surface area contributed by atoms with Crippen LogP contribution in [0.15, 0.2) is 91.4 Å². The Kier molecular flexibility index (Phi) is 9.56. The number of aromatic amines is 2. The van der Waals surface area contributed by atoms with Gasteiger partial charge in [0, 0.05) is 59.4 Å². The van der Waals surface area contributed by atoms with E-state index in [4.69, 9.17) is 4.98 Å². The molecule has 0 bridgehead atoms. The molecule has 232 valence electrons. The minimum Gasteiger partial charge on any atom is -0.384 e. The zero-order valence-corrected chi connectivity index (χ0v) is 26.5. The number of allylic oxidation sites excluding steroid dienone is 4. The molecule has 4 heterocycles. The first kappa shape index (κ1) is 31.4. The third-order valence-corrected chi connectivity index (χ3v) is 7.24. The van der Waals surface area contributed by atoms with Gasteiger partial charge in [-0.25, -0.2) is 9.37 Å². The summed E-state index contributed by atoms with van der Waals surface area (Å²) in [6.45, 7) is 12.3. The van der Waals surface area contributed by atoms with Crippen molar-refractivity contribution in [2.45, 2.75) is 6.92 Å². The standard InChI is InChI=1S/C35H40FN9/c1-8-23(17-26(9-2)39-22(3)21-45(6)7)29-10-11-31-34(41-29)35(43-42-31)32-20-28-30(40-32)12-13-38-33(28)24-16-25(36)19-27(18-24)37-14-15-44(4)5/h8-13,16-20,37,39-40H,2-3,14-15,21H2,1,4-7H3,(H,42,43)/b23-8+,26-17+. The number of halogens is 1. The molecule has 0 amide bonds. The maximum Gasteiger partial charge on any atom is 0.135 e. The van der Waals surface area contributed by atoms with Crippen molar-refractivity contribution >= 4 is 33.2 Å². The molecule has 4 aromatic heterocycles. The SMILES string of the molecule is C=C/C(=C\C(=C/C)c1ccc2[nH]nc(-c3cc4c(-c5cc(F)cc(NCCN(C)C)c5)nccc4[nH]3)c2n1)NC(=C)CN(C)C. The zero-order chi connectivity index (χ0) is 32.1. The number of fused-ring (bicyclic) bond motifs is 2. The molecule has 0 spiro atoms. The zero-order valence-electron chi connectivity index (χ0n) is 26.5. The van der Waals surface area contributed by atoms with E-state index in [-0.39, 0.29) is 5.82 Å². The monoisotopic (exact) mass is 605 g/mol. The summed E-state index contributed by atoms with van der Waals surface area (Å²) < 4.78 is 14.7. The summed E-state index contributed by atoms with van der Waals surface area (Å²) in [5.41, 5.74) is 9.35. The van der Waals surface area contributed by atoms with Crippen molar-refractivity contribution in [3.05, 3.63) is 103 Å². The molecule has 5 rings (SSSR count). The number of hydrogen-bond donors (Lipinski definition) is 4. The topological polar surface area (TPSA) is 101 Å². The van der Waals surface area contributed by atoms with Crippen LogP contribution >= 0.6 is 0 Å². The molecule has 0 unspecified atom stereocenters. The smallest absolute Gasteiger partial charge is 0.135 e. The lowest BCUT2D eigenvalue weighted by Crippen LogP contribution is -2.23. The quantitative estimate of drug-likeness (QED) is 0.115. The predicted molar refractivity (Wildman–Crippen MR) is 184 cm³/mol. The van der Waals surface area contributed by atoms with E-state index in [1.165, 1.54) is 12.1 Å². The van der Waals surface area contributed by atoms with Crippen molar-refractivity contribution in [1.29, 1.82) is 0 Å². The van der Waals surface area contributed by atoms with E-state index in [9.17, 15) is 4.39 Å². The number of nitrogens with one attached hydrogen (secondary N) is 4. The molecular formula is C35H40FN9. The van der Waals surface area contributed by atoms with Gasteiger partial charge in [-0.1, -0.05) is 19.2 Å². The van der Waals surface area contributed by atoms with Gasteiger partial charge in [0.1, 0.15) is 17.0 Å². The minimum absolute atomic E-state index is 0.324. The Bertz CT molecular complexity index is 1910. The third kappa shape index (κ3) is 7.36. The van der Waals surface area contributed by atoms with Crippen LogP contribution in [0.4, 0.5) is 10.1 Å². The lowest BCUT2D eigenvalue weighted by Gasteiger charge is -2.15. The first-order valence-corrected chi connectivity index (χ1v) is 14.8. The number of pyridine rings is 2. The predicted octanol–water partition coefficient (Wildman–Crippen LogP) is 6.42. The minimum atomic E-state index is -0.324. The number of nitrogens with zero attached hydrogens (tertiary/aromatic N) is 5. The largest absolute Gasteiger partial charge is 0.384 e. The van der Waals surface area contributed by atoms with E-state index in [1.807, 2.05) is 82.5 Å². The fourth-order valence-corrected chi connectivity index (χ4v) is 5.16. The second kappa shape index (κ2) is 13.7. The Morgan fingerprint density at radius 2 is 1.84 bits per heavy atom. The molecule has 10 heteroatoms. The van der Waals surface area contributed by atoms with Crippen molar-refractivity contribution < 1.29 is 4.39 Å². The van der Waals surface area contributed by atoms with Crippen LogP contribution in [-0.2, 0) is 0 Å². The van der Waals surface area contributed by atoms with Crippen LogP contribution in [0.25, 0.3) is 50.2 Å². The summed E-state index contributed by atoms with van der Waals surface area (Å²) in [5.74, 6) is -0.324. The van der Waals surface area contributed by atoms with Crippen molar-refractivity contribution in [3.63, 3.8) is 0 Å². The van der Waals surface area contributed by atoms with Crippen LogP contribution < -0.4 is 10.6 Å². The van der Waals surface area contributed by atoms with E-state index in [0.717, 1.165) is 56.8 Å². The van der Waals surface area contributed by atoms with Crippen molar-refractivity contribution in [2.24, 2.45) is 0 Å². The Morgan fingerprint density at radius 1 is 1.02 bits per heavy atom. The molecule has 0 atom stereocenters. The van der Waals surface area contributed by atoms with Gasteiger partial charge in [0.05, 0.1) is 22.6 Å². The highest BCUT2D eigenvalue weighted by Crippen LogP contribution is 2.34. The Balaban J connectivity index is 1.49. The maximum atomic E-state index is 14.7. The van der Waals surface area contributed by atoms with Gasteiger partial charge in [0.25, 0.3) is 0 Å². The van der Waals surface area contributed by atoms with Gasteiger partial charge >= 0.3 is 0 Å². The Morgan fingerprint density at radius 3 is 2.58 bits per heavy atom.